The lowest BCUT2D eigenvalue weighted by molar-refractivity contribution is 0.565. The summed E-state index contributed by atoms with van der Waals surface area (Å²) in [5.41, 5.74) is 5.65. The van der Waals surface area contributed by atoms with Gasteiger partial charge in [-0.1, -0.05) is 6.58 Å². The summed E-state index contributed by atoms with van der Waals surface area (Å²) in [6.07, 6.45) is 6.54. The summed E-state index contributed by atoms with van der Waals surface area (Å²) in [6.45, 7) is 3.63. The zero-order chi connectivity index (χ0) is 9.10. The summed E-state index contributed by atoms with van der Waals surface area (Å²) in [7, 11) is 0. The Hall–Kier alpha value is -1.92. The van der Waals surface area contributed by atoms with Gasteiger partial charge in [-0.15, -0.1) is 5.73 Å². The monoisotopic (exact) mass is 172 g/mol. The third-order valence-corrected chi connectivity index (χ3v) is 1.80. The summed E-state index contributed by atoms with van der Waals surface area (Å²) < 4.78 is 9.95. The van der Waals surface area contributed by atoms with E-state index in [1.165, 1.54) is 0 Å². The number of rotatable bonds is 2. The molecule has 2 heterocycles. The molecule has 2 aromatic heterocycles. The Bertz CT molecular complexity index is 378. The van der Waals surface area contributed by atoms with E-state index in [-0.39, 0.29) is 0 Å². The smallest absolute Gasteiger partial charge is 0.0987 e. The molecular weight excluding hydrogens is 164 g/mol. The van der Waals surface area contributed by atoms with Crippen molar-refractivity contribution in [1.82, 2.24) is 0 Å². The number of hydrogen-bond donors (Lipinski definition) is 0. The van der Waals surface area contributed by atoms with Crippen LogP contribution < -0.4 is 0 Å². The first-order valence-corrected chi connectivity index (χ1v) is 3.87. The SMILES string of the molecule is C=C=C(c1ccoc1)c1ccoc1. The van der Waals surface area contributed by atoms with Crippen LogP contribution in [0.15, 0.2) is 58.3 Å². The van der Waals surface area contributed by atoms with Crippen LogP contribution in [0.5, 0.6) is 0 Å². The molecule has 0 aliphatic heterocycles. The minimum absolute atomic E-state index is 0.891. The van der Waals surface area contributed by atoms with Crippen molar-refractivity contribution in [2.75, 3.05) is 0 Å². The standard InChI is InChI=1S/C11H8O2/c1-2-11(9-3-5-12-7-9)10-4-6-13-8-10/h3-8H,1H2. The lowest BCUT2D eigenvalue weighted by Gasteiger charge is -1.95. The molecule has 0 aliphatic carbocycles. The Morgan fingerprint density at radius 3 is 1.92 bits per heavy atom. The summed E-state index contributed by atoms with van der Waals surface area (Å²) in [4.78, 5) is 0. The molecular formula is C11H8O2. The van der Waals surface area contributed by atoms with E-state index >= 15 is 0 Å². The van der Waals surface area contributed by atoms with E-state index in [0.717, 1.165) is 16.7 Å². The van der Waals surface area contributed by atoms with Gasteiger partial charge in [0.15, 0.2) is 0 Å². The molecule has 0 aromatic carbocycles. The largest absolute Gasteiger partial charge is 0.472 e. The van der Waals surface area contributed by atoms with Crippen molar-refractivity contribution in [3.05, 3.63) is 60.6 Å². The van der Waals surface area contributed by atoms with E-state index in [1.54, 1.807) is 25.1 Å². The Balaban J connectivity index is 2.48. The molecule has 2 nitrogen and oxygen atoms in total. The first-order chi connectivity index (χ1) is 6.42. The molecule has 0 unspecified atom stereocenters. The van der Waals surface area contributed by atoms with E-state index in [2.05, 4.69) is 12.3 Å². The lowest BCUT2D eigenvalue weighted by Crippen LogP contribution is -1.79. The lowest BCUT2D eigenvalue weighted by atomic mass is 10.1. The van der Waals surface area contributed by atoms with Crippen LogP contribution in [0.25, 0.3) is 5.57 Å². The number of hydrogen-bond acceptors (Lipinski definition) is 2. The third-order valence-electron chi connectivity index (χ3n) is 1.80. The molecule has 0 saturated heterocycles. The molecule has 2 aromatic rings. The molecule has 0 amide bonds. The predicted octanol–water partition coefficient (Wildman–Crippen LogP) is 3.09. The highest BCUT2D eigenvalue weighted by molar-refractivity contribution is 5.77. The second-order valence-electron chi connectivity index (χ2n) is 2.58. The van der Waals surface area contributed by atoms with Gasteiger partial charge in [-0.3, -0.25) is 0 Å². The van der Waals surface area contributed by atoms with Gasteiger partial charge in [-0.25, -0.2) is 0 Å². The van der Waals surface area contributed by atoms with Crippen LogP contribution in [0, 0.1) is 0 Å². The second-order valence-corrected chi connectivity index (χ2v) is 2.58. The topological polar surface area (TPSA) is 26.3 Å². The van der Waals surface area contributed by atoms with Gasteiger partial charge in [0.1, 0.15) is 0 Å². The van der Waals surface area contributed by atoms with Gasteiger partial charge >= 0.3 is 0 Å². The van der Waals surface area contributed by atoms with Crippen LogP contribution in [0.1, 0.15) is 11.1 Å². The first-order valence-electron chi connectivity index (χ1n) is 3.87. The minimum Gasteiger partial charge on any atom is -0.472 e. The van der Waals surface area contributed by atoms with Gasteiger partial charge in [0.25, 0.3) is 0 Å². The fourth-order valence-electron chi connectivity index (χ4n) is 1.18. The average Bonchev–Trinajstić information content (AvgIpc) is 2.76. The molecule has 0 saturated carbocycles. The molecule has 2 heteroatoms. The van der Waals surface area contributed by atoms with Gasteiger partial charge in [0.05, 0.1) is 25.1 Å². The van der Waals surface area contributed by atoms with Crippen molar-refractivity contribution in [2.45, 2.75) is 0 Å². The summed E-state index contributed by atoms with van der Waals surface area (Å²) in [6, 6.07) is 3.72. The van der Waals surface area contributed by atoms with Crippen LogP contribution in [0.2, 0.25) is 0 Å². The maximum absolute atomic E-state index is 4.98. The van der Waals surface area contributed by atoms with E-state index in [9.17, 15) is 0 Å². The molecule has 0 spiro atoms. The van der Waals surface area contributed by atoms with Gasteiger partial charge in [-0.05, 0) is 12.1 Å². The van der Waals surface area contributed by atoms with E-state index in [0.29, 0.717) is 0 Å². The maximum atomic E-state index is 4.98. The molecule has 0 radical (unpaired) electrons. The van der Waals surface area contributed by atoms with Crippen LogP contribution in [-0.2, 0) is 0 Å². The molecule has 0 N–H and O–H groups in total. The van der Waals surface area contributed by atoms with Crippen molar-refractivity contribution in [3.8, 4) is 0 Å². The quantitative estimate of drug-likeness (QED) is 0.650. The zero-order valence-corrected chi connectivity index (χ0v) is 6.99. The van der Waals surface area contributed by atoms with Gasteiger partial charge in [0.2, 0.25) is 0 Å². The molecule has 0 fully saturated rings. The molecule has 0 bridgehead atoms. The molecule has 0 atom stereocenters. The van der Waals surface area contributed by atoms with Crippen molar-refractivity contribution < 1.29 is 8.83 Å². The Morgan fingerprint density at radius 1 is 1.08 bits per heavy atom. The molecule has 2 rings (SSSR count). The Morgan fingerprint density at radius 2 is 1.62 bits per heavy atom. The number of furan rings is 2. The third kappa shape index (κ3) is 1.35. The van der Waals surface area contributed by atoms with Crippen LogP contribution >= 0.6 is 0 Å². The normalized spacial score (nSPS) is 9.54. The van der Waals surface area contributed by atoms with Gasteiger partial charge < -0.3 is 8.83 Å². The highest BCUT2D eigenvalue weighted by atomic mass is 16.3. The Labute approximate surface area is 75.8 Å². The van der Waals surface area contributed by atoms with E-state index < -0.39 is 0 Å². The van der Waals surface area contributed by atoms with E-state index in [1.807, 2.05) is 12.1 Å². The zero-order valence-electron chi connectivity index (χ0n) is 6.99. The molecule has 13 heavy (non-hydrogen) atoms. The average molecular weight is 172 g/mol. The Kier molecular flexibility index (Phi) is 1.91. The first kappa shape index (κ1) is 7.71. The minimum atomic E-state index is 0.891. The fourth-order valence-corrected chi connectivity index (χ4v) is 1.18. The fraction of sp³-hybridized carbons (Fsp3) is 0. The van der Waals surface area contributed by atoms with Gasteiger partial charge in [-0.2, -0.15) is 0 Å². The van der Waals surface area contributed by atoms with Crippen LogP contribution in [0.3, 0.4) is 0 Å². The highest BCUT2D eigenvalue weighted by Crippen LogP contribution is 2.22. The van der Waals surface area contributed by atoms with E-state index in [4.69, 9.17) is 8.83 Å². The molecule has 0 aliphatic rings. The summed E-state index contributed by atoms with van der Waals surface area (Å²) >= 11 is 0. The van der Waals surface area contributed by atoms with Crippen LogP contribution in [-0.4, -0.2) is 0 Å². The highest BCUT2D eigenvalue weighted by Gasteiger charge is 2.05. The predicted molar refractivity (Wildman–Crippen MR) is 49.1 cm³/mol. The summed E-state index contributed by atoms with van der Waals surface area (Å²) in [5.74, 6) is 0. The molecule has 64 valence electrons. The van der Waals surface area contributed by atoms with Crippen molar-refractivity contribution >= 4 is 5.57 Å². The summed E-state index contributed by atoms with van der Waals surface area (Å²) in [5, 5.41) is 0. The van der Waals surface area contributed by atoms with Crippen molar-refractivity contribution in [2.24, 2.45) is 0 Å². The van der Waals surface area contributed by atoms with Gasteiger partial charge in [0, 0.05) is 16.7 Å². The van der Waals surface area contributed by atoms with Crippen LogP contribution in [0.4, 0.5) is 0 Å². The second kappa shape index (κ2) is 3.21. The van der Waals surface area contributed by atoms with Crippen molar-refractivity contribution in [1.29, 1.82) is 0 Å². The maximum Gasteiger partial charge on any atom is 0.0987 e. The van der Waals surface area contributed by atoms with Crippen molar-refractivity contribution in [3.63, 3.8) is 0 Å².